The molecule has 4 heteroatoms. The second-order valence-electron chi connectivity index (χ2n) is 5.69. The maximum Gasteiger partial charge on any atom is 0.0950 e. The summed E-state index contributed by atoms with van der Waals surface area (Å²) in [6, 6.07) is 8.65. The summed E-state index contributed by atoms with van der Waals surface area (Å²) in [4.78, 5) is 0. The Morgan fingerprint density at radius 3 is 2.70 bits per heavy atom. The second kappa shape index (κ2) is 6.90. The lowest BCUT2D eigenvalue weighted by atomic mass is 10.1. The third kappa shape index (κ3) is 4.19. The molecule has 1 aliphatic heterocycles. The van der Waals surface area contributed by atoms with E-state index in [9.17, 15) is 0 Å². The van der Waals surface area contributed by atoms with Crippen molar-refractivity contribution >= 4 is 11.6 Å². The third-order valence-corrected chi connectivity index (χ3v) is 4.17. The van der Waals surface area contributed by atoms with Crippen LogP contribution in [0.25, 0.3) is 0 Å². The number of hydrogen-bond donors (Lipinski definition) is 1. The van der Waals surface area contributed by atoms with E-state index in [2.05, 4.69) is 17.4 Å². The van der Waals surface area contributed by atoms with Crippen LogP contribution >= 0.6 is 11.6 Å². The summed E-state index contributed by atoms with van der Waals surface area (Å²) in [7, 11) is 0. The van der Waals surface area contributed by atoms with Crippen LogP contribution in [-0.4, -0.2) is 31.9 Å². The lowest BCUT2D eigenvalue weighted by Crippen LogP contribution is -2.27. The number of hydrogen-bond acceptors (Lipinski definition) is 3. The summed E-state index contributed by atoms with van der Waals surface area (Å²) < 4.78 is 11.7. The van der Waals surface area contributed by atoms with E-state index in [0.29, 0.717) is 12.6 Å². The predicted octanol–water partition coefficient (Wildman–Crippen LogP) is 3.33. The molecule has 0 radical (unpaired) electrons. The zero-order chi connectivity index (χ0) is 13.8. The summed E-state index contributed by atoms with van der Waals surface area (Å²) in [6.45, 7) is 2.42. The fourth-order valence-electron chi connectivity index (χ4n) is 2.51. The van der Waals surface area contributed by atoms with Crippen LogP contribution in [0.2, 0.25) is 5.02 Å². The summed E-state index contributed by atoms with van der Waals surface area (Å²) in [6.07, 6.45) is 5.20. The number of ether oxygens (including phenoxy) is 2. The van der Waals surface area contributed by atoms with Crippen LogP contribution in [-0.2, 0) is 9.47 Å². The molecule has 1 N–H and O–H groups in total. The van der Waals surface area contributed by atoms with Crippen LogP contribution in [0, 0.1) is 0 Å². The van der Waals surface area contributed by atoms with Gasteiger partial charge in [0.25, 0.3) is 0 Å². The Morgan fingerprint density at radius 2 is 2.05 bits per heavy atom. The van der Waals surface area contributed by atoms with Gasteiger partial charge in [0.05, 0.1) is 18.8 Å². The van der Waals surface area contributed by atoms with Crippen molar-refractivity contribution in [2.75, 3.05) is 19.8 Å². The minimum atomic E-state index is 0.0806. The van der Waals surface area contributed by atoms with Crippen LogP contribution in [0.4, 0.5) is 0 Å². The normalized spacial score (nSPS) is 23.9. The molecule has 2 unspecified atom stereocenters. The van der Waals surface area contributed by atoms with E-state index in [4.69, 9.17) is 21.1 Å². The molecule has 3 nitrogen and oxygen atoms in total. The topological polar surface area (TPSA) is 30.5 Å². The van der Waals surface area contributed by atoms with E-state index >= 15 is 0 Å². The molecule has 0 aromatic heterocycles. The first-order valence-electron chi connectivity index (χ1n) is 7.53. The van der Waals surface area contributed by atoms with Crippen molar-refractivity contribution in [2.24, 2.45) is 0 Å². The average Bonchev–Trinajstić information content (AvgIpc) is 3.14. The first-order valence-corrected chi connectivity index (χ1v) is 7.91. The molecule has 0 spiro atoms. The van der Waals surface area contributed by atoms with Crippen molar-refractivity contribution in [3.8, 4) is 0 Å². The van der Waals surface area contributed by atoms with Gasteiger partial charge in [-0.2, -0.15) is 0 Å². The van der Waals surface area contributed by atoms with Crippen molar-refractivity contribution in [3.05, 3.63) is 34.9 Å². The molecule has 3 rings (SSSR count). The van der Waals surface area contributed by atoms with Crippen LogP contribution in [0.15, 0.2) is 24.3 Å². The van der Waals surface area contributed by atoms with Crippen molar-refractivity contribution in [1.29, 1.82) is 0 Å². The molecule has 2 aliphatic rings. The van der Waals surface area contributed by atoms with Gasteiger partial charge in [-0.05, 0) is 43.4 Å². The van der Waals surface area contributed by atoms with Gasteiger partial charge in [-0.25, -0.2) is 0 Å². The first-order chi connectivity index (χ1) is 9.81. The van der Waals surface area contributed by atoms with Gasteiger partial charge in [-0.15, -0.1) is 0 Å². The second-order valence-corrected chi connectivity index (χ2v) is 6.13. The van der Waals surface area contributed by atoms with E-state index in [1.807, 2.05) is 12.1 Å². The standard InChI is InChI=1S/C16H22ClNO2/c17-13-5-3-12(4-6-13)16(10-18-14-7-8-14)20-11-15-2-1-9-19-15/h3-6,14-16,18H,1-2,7-11H2. The van der Waals surface area contributed by atoms with Gasteiger partial charge >= 0.3 is 0 Å². The van der Waals surface area contributed by atoms with Crippen molar-refractivity contribution < 1.29 is 9.47 Å². The SMILES string of the molecule is Clc1ccc(C(CNC2CC2)OCC2CCCO2)cc1. The average molecular weight is 296 g/mol. The van der Waals surface area contributed by atoms with Gasteiger partial charge in [-0.1, -0.05) is 23.7 Å². The zero-order valence-electron chi connectivity index (χ0n) is 11.7. The van der Waals surface area contributed by atoms with Gasteiger partial charge in [0.1, 0.15) is 0 Å². The van der Waals surface area contributed by atoms with E-state index < -0.39 is 0 Å². The maximum atomic E-state index is 6.10. The maximum absolute atomic E-state index is 6.10. The minimum Gasteiger partial charge on any atom is -0.376 e. The van der Waals surface area contributed by atoms with Gasteiger partial charge in [0.15, 0.2) is 0 Å². The molecule has 1 saturated heterocycles. The molecule has 1 saturated carbocycles. The Bertz CT molecular complexity index is 413. The highest BCUT2D eigenvalue weighted by Gasteiger charge is 2.24. The Hall–Kier alpha value is -0.610. The Kier molecular flexibility index (Phi) is 4.94. The Labute approximate surface area is 125 Å². The summed E-state index contributed by atoms with van der Waals surface area (Å²) in [5.74, 6) is 0. The van der Waals surface area contributed by atoms with Gasteiger partial charge in [0, 0.05) is 24.2 Å². The first kappa shape index (κ1) is 14.3. The van der Waals surface area contributed by atoms with Crippen LogP contribution < -0.4 is 5.32 Å². The van der Waals surface area contributed by atoms with Crippen molar-refractivity contribution in [1.82, 2.24) is 5.32 Å². The monoisotopic (exact) mass is 295 g/mol. The fraction of sp³-hybridized carbons (Fsp3) is 0.625. The van der Waals surface area contributed by atoms with Crippen molar-refractivity contribution in [2.45, 2.75) is 43.9 Å². The minimum absolute atomic E-state index is 0.0806. The largest absolute Gasteiger partial charge is 0.376 e. The highest BCUT2D eigenvalue weighted by Crippen LogP contribution is 2.24. The highest BCUT2D eigenvalue weighted by atomic mass is 35.5. The quantitative estimate of drug-likeness (QED) is 0.837. The number of rotatable bonds is 7. The van der Waals surface area contributed by atoms with Gasteiger partial charge in [0.2, 0.25) is 0 Å². The molecule has 2 fully saturated rings. The predicted molar refractivity (Wildman–Crippen MR) is 80.1 cm³/mol. The molecule has 1 heterocycles. The number of nitrogens with one attached hydrogen (secondary N) is 1. The molecule has 1 aliphatic carbocycles. The smallest absolute Gasteiger partial charge is 0.0950 e. The summed E-state index contributed by atoms with van der Waals surface area (Å²) >= 11 is 5.96. The Morgan fingerprint density at radius 1 is 1.25 bits per heavy atom. The van der Waals surface area contributed by atoms with E-state index in [-0.39, 0.29) is 12.2 Å². The molecule has 0 amide bonds. The molecular formula is C16H22ClNO2. The molecule has 1 aromatic carbocycles. The van der Waals surface area contributed by atoms with Gasteiger partial charge < -0.3 is 14.8 Å². The highest BCUT2D eigenvalue weighted by molar-refractivity contribution is 6.30. The third-order valence-electron chi connectivity index (χ3n) is 3.92. The van der Waals surface area contributed by atoms with Crippen LogP contribution in [0.5, 0.6) is 0 Å². The zero-order valence-corrected chi connectivity index (χ0v) is 12.4. The lowest BCUT2D eigenvalue weighted by Gasteiger charge is -2.21. The Balaban J connectivity index is 1.57. The van der Waals surface area contributed by atoms with Crippen molar-refractivity contribution in [3.63, 3.8) is 0 Å². The molecule has 1 aromatic rings. The molecular weight excluding hydrogens is 274 g/mol. The summed E-state index contributed by atoms with van der Waals surface area (Å²) in [5.41, 5.74) is 1.18. The number of benzene rings is 1. The molecule has 0 bridgehead atoms. The fourth-order valence-corrected chi connectivity index (χ4v) is 2.64. The van der Waals surface area contributed by atoms with Crippen LogP contribution in [0.1, 0.15) is 37.4 Å². The van der Waals surface area contributed by atoms with Crippen LogP contribution in [0.3, 0.4) is 0 Å². The van der Waals surface area contributed by atoms with Gasteiger partial charge in [-0.3, -0.25) is 0 Å². The van der Waals surface area contributed by atoms with E-state index in [1.54, 1.807) is 0 Å². The molecule has 20 heavy (non-hydrogen) atoms. The summed E-state index contributed by atoms with van der Waals surface area (Å²) in [5, 5.41) is 4.31. The molecule has 110 valence electrons. The molecule has 2 atom stereocenters. The number of halogens is 1. The lowest BCUT2D eigenvalue weighted by molar-refractivity contribution is -0.0210. The van der Waals surface area contributed by atoms with E-state index in [0.717, 1.165) is 31.0 Å². The van der Waals surface area contributed by atoms with E-state index in [1.165, 1.54) is 18.4 Å².